The molecule has 0 saturated heterocycles. The van der Waals surface area contributed by atoms with E-state index in [1.807, 2.05) is 13.8 Å². The summed E-state index contributed by atoms with van der Waals surface area (Å²) in [5.41, 5.74) is -1.29. The van der Waals surface area contributed by atoms with E-state index in [1.54, 1.807) is 58.0 Å². The molecule has 1 rings (SSSR count). The van der Waals surface area contributed by atoms with Crippen LogP contribution in [-0.2, 0) is 20.7 Å². The van der Waals surface area contributed by atoms with Crippen LogP contribution in [0.25, 0.3) is 0 Å². The fraction of sp³-hybridized carbons (Fsp3) is 0.583. The first-order valence-corrected chi connectivity index (χ1v) is 10.7. The maximum absolute atomic E-state index is 14.2. The first kappa shape index (κ1) is 27.5. The molecule has 0 unspecified atom stereocenters. The van der Waals surface area contributed by atoms with Gasteiger partial charge in [0.05, 0.1) is 24.1 Å². The van der Waals surface area contributed by atoms with Gasteiger partial charge in [-0.15, -0.1) is 0 Å². The number of alkyl halides is 3. The number of alkyl carbamates (subject to hydrolysis) is 1. The number of hydrogen-bond donors (Lipinski definition) is 1. The lowest BCUT2D eigenvalue weighted by molar-refractivity contribution is -0.146. The topological polar surface area (TPSA) is 64.6 Å². The van der Waals surface area contributed by atoms with Gasteiger partial charge < -0.3 is 14.8 Å². The van der Waals surface area contributed by atoms with Gasteiger partial charge in [-0.05, 0) is 52.0 Å². The molecular weight excluding hydrogens is 423 g/mol. The molecule has 2 atom stereocenters. The van der Waals surface area contributed by atoms with E-state index in [0.29, 0.717) is 5.56 Å². The van der Waals surface area contributed by atoms with Gasteiger partial charge in [0.1, 0.15) is 5.60 Å². The second-order valence-corrected chi connectivity index (χ2v) is 9.00. The molecule has 5 nitrogen and oxygen atoms in total. The molecule has 0 radical (unpaired) electrons. The highest BCUT2D eigenvalue weighted by atomic mass is 19.4. The van der Waals surface area contributed by atoms with Gasteiger partial charge in [-0.1, -0.05) is 50.3 Å². The van der Waals surface area contributed by atoms with Crippen molar-refractivity contribution in [2.45, 2.75) is 72.2 Å². The van der Waals surface area contributed by atoms with Crippen molar-refractivity contribution >= 4 is 12.1 Å². The van der Waals surface area contributed by atoms with Gasteiger partial charge in [0, 0.05) is 0 Å². The number of ether oxygens (including phenoxy) is 2. The number of carbonyl (C=O) groups excluding carboxylic acids is 2. The van der Waals surface area contributed by atoms with E-state index in [2.05, 4.69) is 5.32 Å². The zero-order chi connectivity index (χ0) is 24.5. The Morgan fingerprint density at radius 3 is 2.16 bits per heavy atom. The van der Waals surface area contributed by atoms with E-state index in [9.17, 15) is 22.8 Å². The standard InChI is InChI=1S/C24H34F3NO4/c1-7-31-21(29)18(13-16(2)3)15-19(24(25,26)27)20(14-17-11-9-8-10-12-17)28-22(30)32-23(4,5)6/h8-12,15-16,18,20H,7,13-14H2,1-6H3,(H,28,30)/b19-15-/t18-,20-/m0/s1. The van der Waals surface area contributed by atoms with Gasteiger partial charge in [-0.25, -0.2) is 4.79 Å². The summed E-state index contributed by atoms with van der Waals surface area (Å²) >= 11 is 0. The van der Waals surface area contributed by atoms with Crippen LogP contribution in [0.5, 0.6) is 0 Å². The predicted octanol–water partition coefficient (Wildman–Crippen LogP) is 5.84. The van der Waals surface area contributed by atoms with Crippen molar-refractivity contribution in [1.82, 2.24) is 5.32 Å². The monoisotopic (exact) mass is 457 g/mol. The highest BCUT2D eigenvalue weighted by molar-refractivity contribution is 5.75. The summed E-state index contributed by atoms with van der Waals surface area (Å²) in [5.74, 6) is -1.86. The number of carbonyl (C=O) groups is 2. The van der Waals surface area contributed by atoms with Gasteiger partial charge >= 0.3 is 18.2 Å². The zero-order valence-electron chi connectivity index (χ0n) is 19.6. The van der Waals surface area contributed by atoms with Crippen LogP contribution in [0.2, 0.25) is 0 Å². The average molecular weight is 458 g/mol. The lowest BCUT2D eigenvalue weighted by Gasteiger charge is -2.27. The van der Waals surface area contributed by atoms with Crippen LogP contribution in [0.4, 0.5) is 18.0 Å². The van der Waals surface area contributed by atoms with Gasteiger partial charge in [0.25, 0.3) is 0 Å². The lowest BCUT2D eigenvalue weighted by atomic mass is 9.90. The molecule has 1 amide bonds. The third-order valence-corrected chi connectivity index (χ3v) is 4.37. The lowest BCUT2D eigenvalue weighted by Crippen LogP contribution is -2.44. The smallest absolute Gasteiger partial charge is 0.414 e. The number of hydrogen-bond acceptors (Lipinski definition) is 4. The third-order valence-electron chi connectivity index (χ3n) is 4.37. The third kappa shape index (κ3) is 10.2. The number of amides is 1. The Morgan fingerprint density at radius 1 is 1.09 bits per heavy atom. The summed E-state index contributed by atoms with van der Waals surface area (Å²) in [4.78, 5) is 24.8. The van der Waals surface area contributed by atoms with Crippen LogP contribution < -0.4 is 5.32 Å². The Bertz CT molecular complexity index is 768. The van der Waals surface area contributed by atoms with E-state index >= 15 is 0 Å². The average Bonchev–Trinajstić information content (AvgIpc) is 2.62. The number of esters is 1. The van der Waals surface area contributed by atoms with E-state index in [0.717, 1.165) is 6.08 Å². The quantitative estimate of drug-likeness (QED) is 0.374. The molecule has 1 N–H and O–H groups in total. The molecule has 180 valence electrons. The first-order valence-electron chi connectivity index (χ1n) is 10.7. The molecule has 0 spiro atoms. The fourth-order valence-electron chi connectivity index (χ4n) is 3.15. The summed E-state index contributed by atoms with van der Waals surface area (Å²) in [6.45, 7) is 10.2. The molecule has 1 aromatic rings. The Morgan fingerprint density at radius 2 is 1.69 bits per heavy atom. The van der Waals surface area contributed by atoms with Crippen molar-refractivity contribution in [3.8, 4) is 0 Å². The van der Waals surface area contributed by atoms with Crippen molar-refractivity contribution in [2.75, 3.05) is 6.61 Å². The SMILES string of the molecule is CCOC(=O)[C@H](/C=C(/[C@H](Cc1ccccc1)NC(=O)OC(C)(C)C)C(F)(F)F)CC(C)C. The van der Waals surface area contributed by atoms with Gasteiger partial charge in [0.15, 0.2) is 0 Å². The molecule has 0 saturated carbocycles. The van der Waals surface area contributed by atoms with Crippen LogP contribution in [-0.4, -0.2) is 36.5 Å². The fourth-order valence-corrected chi connectivity index (χ4v) is 3.15. The van der Waals surface area contributed by atoms with E-state index in [1.165, 1.54) is 0 Å². The number of rotatable bonds is 9. The van der Waals surface area contributed by atoms with Gasteiger partial charge in [-0.3, -0.25) is 4.79 Å². The number of benzene rings is 1. The molecule has 0 fully saturated rings. The van der Waals surface area contributed by atoms with Crippen molar-refractivity contribution in [1.29, 1.82) is 0 Å². The maximum Gasteiger partial charge on any atom is 0.414 e. The molecule has 8 heteroatoms. The summed E-state index contributed by atoms with van der Waals surface area (Å²) in [6.07, 6.45) is -4.80. The Hall–Kier alpha value is -2.51. The molecule has 0 aromatic heterocycles. The second-order valence-electron chi connectivity index (χ2n) is 9.00. The van der Waals surface area contributed by atoms with Crippen LogP contribution in [0.1, 0.15) is 53.5 Å². The minimum Gasteiger partial charge on any atom is -0.466 e. The van der Waals surface area contributed by atoms with Crippen molar-refractivity contribution in [3.63, 3.8) is 0 Å². The highest BCUT2D eigenvalue weighted by Gasteiger charge is 2.41. The largest absolute Gasteiger partial charge is 0.466 e. The van der Waals surface area contributed by atoms with Crippen LogP contribution >= 0.6 is 0 Å². The van der Waals surface area contributed by atoms with Crippen LogP contribution in [0.15, 0.2) is 42.0 Å². The minimum absolute atomic E-state index is 0.0403. The van der Waals surface area contributed by atoms with E-state index in [4.69, 9.17) is 9.47 Å². The molecule has 32 heavy (non-hydrogen) atoms. The molecule has 0 aliphatic carbocycles. The Balaban J connectivity index is 3.43. The van der Waals surface area contributed by atoms with Gasteiger partial charge in [-0.2, -0.15) is 13.2 Å². The first-order chi connectivity index (χ1) is 14.7. The minimum atomic E-state index is -4.78. The summed E-state index contributed by atoms with van der Waals surface area (Å²) in [6, 6.07) is 7.06. The molecule has 0 aliphatic rings. The number of halogens is 3. The zero-order valence-corrected chi connectivity index (χ0v) is 19.6. The van der Waals surface area contributed by atoms with Crippen LogP contribution in [0.3, 0.4) is 0 Å². The molecule has 1 aromatic carbocycles. The Kier molecular flexibility index (Phi) is 10.3. The van der Waals surface area contributed by atoms with Gasteiger partial charge in [0.2, 0.25) is 0 Å². The molecular formula is C24H34F3NO4. The molecule has 0 heterocycles. The second kappa shape index (κ2) is 11.9. The normalized spacial score (nSPS) is 14.6. The van der Waals surface area contributed by atoms with Crippen LogP contribution in [0, 0.1) is 11.8 Å². The highest BCUT2D eigenvalue weighted by Crippen LogP contribution is 2.32. The predicted molar refractivity (Wildman–Crippen MR) is 117 cm³/mol. The summed E-state index contributed by atoms with van der Waals surface area (Å²) < 4.78 is 52.8. The molecule has 0 bridgehead atoms. The van der Waals surface area contributed by atoms with E-state index in [-0.39, 0.29) is 25.4 Å². The molecule has 0 aliphatic heterocycles. The summed E-state index contributed by atoms with van der Waals surface area (Å²) in [7, 11) is 0. The van der Waals surface area contributed by atoms with Crippen molar-refractivity contribution in [3.05, 3.63) is 47.5 Å². The number of nitrogens with one attached hydrogen (secondary N) is 1. The summed E-state index contributed by atoms with van der Waals surface area (Å²) in [5, 5.41) is 2.36. The van der Waals surface area contributed by atoms with Crippen molar-refractivity contribution in [2.24, 2.45) is 11.8 Å². The maximum atomic E-state index is 14.2. The van der Waals surface area contributed by atoms with Crippen molar-refractivity contribution < 1.29 is 32.2 Å². The Labute approximate surface area is 188 Å². The van der Waals surface area contributed by atoms with E-state index < -0.39 is 41.4 Å².